The van der Waals surface area contributed by atoms with Gasteiger partial charge in [0.15, 0.2) is 10.8 Å². The molecule has 1 aromatic carbocycles. The summed E-state index contributed by atoms with van der Waals surface area (Å²) in [5.74, 6) is 0.0581. The van der Waals surface area contributed by atoms with E-state index in [0.717, 1.165) is 57.0 Å². The van der Waals surface area contributed by atoms with Gasteiger partial charge in [-0.2, -0.15) is 4.98 Å². The molecule has 0 atom stereocenters. The molecule has 0 N–H and O–H groups in total. The summed E-state index contributed by atoms with van der Waals surface area (Å²) in [6, 6.07) is 6.22. The first-order chi connectivity index (χ1) is 15.6. The van der Waals surface area contributed by atoms with Crippen LogP contribution in [0.5, 0.6) is 0 Å². The number of benzene rings is 1. The highest BCUT2D eigenvalue weighted by Gasteiger charge is 2.30. The van der Waals surface area contributed by atoms with Crippen molar-refractivity contribution >= 4 is 32.7 Å². The number of piperidine rings is 2. The van der Waals surface area contributed by atoms with Gasteiger partial charge in [0.2, 0.25) is 5.91 Å². The molecule has 0 spiro atoms. The Hall–Kier alpha value is -2.81. The van der Waals surface area contributed by atoms with Gasteiger partial charge in [-0.3, -0.25) is 14.2 Å². The largest absolute Gasteiger partial charge is 0.348 e. The van der Waals surface area contributed by atoms with E-state index in [1.165, 1.54) is 40.8 Å². The van der Waals surface area contributed by atoms with Gasteiger partial charge in [-0.15, -0.1) is 0 Å². The Morgan fingerprint density at radius 2 is 1.91 bits per heavy atom. The second-order valence-electron chi connectivity index (χ2n) is 8.60. The molecule has 0 saturated carbocycles. The fraction of sp³-hybridized carbons (Fsp3) is 0.478. The fourth-order valence-electron chi connectivity index (χ4n) is 4.61. The SMILES string of the molecule is O=C(C1CCN(c2nc3ncn(Cc4cccc(F)c4)c(=O)c3s2)CC1)N1CCCCC1. The van der Waals surface area contributed by atoms with Crippen LogP contribution in [0.2, 0.25) is 0 Å². The van der Waals surface area contributed by atoms with Gasteiger partial charge >= 0.3 is 0 Å². The number of amides is 1. The van der Waals surface area contributed by atoms with Crippen LogP contribution < -0.4 is 10.5 Å². The monoisotopic (exact) mass is 455 g/mol. The average Bonchev–Trinajstić information content (AvgIpc) is 3.26. The van der Waals surface area contributed by atoms with E-state index in [-0.39, 0.29) is 23.8 Å². The van der Waals surface area contributed by atoms with Gasteiger partial charge in [-0.25, -0.2) is 9.37 Å². The van der Waals surface area contributed by atoms with E-state index < -0.39 is 0 Å². The van der Waals surface area contributed by atoms with Gasteiger partial charge in [-0.05, 0) is 49.8 Å². The van der Waals surface area contributed by atoms with Crippen LogP contribution in [-0.4, -0.2) is 51.5 Å². The van der Waals surface area contributed by atoms with Crippen molar-refractivity contribution < 1.29 is 9.18 Å². The van der Waals surface area contributed by atoms with Crippen LogP contribution >= 0.6 is 11.3 Å². The highest BCUT2D eigenvalue weighted by Crippen LogP contribution is 2.30. The van der Waals surface area contributed by atoms with E-state index >= 15 is 0 Å². The van der Waals surface area contributed by atoms with E-state index in [9.17, 15) is 14.0 Å². The van der Waals surface area contributed by atoms with E-state index in [0.29, 0.717) is 21.8 Å². The molecule has 2 aliphatic rings. The van der Waals surface area contributed by atoms with Gasteiger partial charge in [0.1, 0.15) is 16.8 Å². The van der Waals surface area contributed by atoms with E-state index in [1.54, 1.807) is 12.1 Å². The van der Waals surface area contributed by atoms with Crippen molar-refractivity contribution in [3.05, 3.63) is 52.3 Å². The van der Waals surface area contributed by atoms with Crippen LogP contribution in [0.25, 0.3) is 10.3 Å². The zero-order chi connectivity index (χ0) is 22.1. The average molecular weight is 456 g/mol. The molecule has 3 aromatic rings. The molecule has 2 saturated heterocycles. The quantitative estimate of drug-likeness (QED) is 0.604. The highest BCUT2D eigenvalue weighted by molar-refractivity contribution is 7.22. The summed E-state index contributed by atoms with van der Waals surface area (Å²) in [5, 5.41) is 0.775. The van der Waals surface area contributed by atoms with Gasteiger partial charge in [0.05, 0.1) is 6.54 Å². The van der Waals surface area contributed by atoms with Crippen molar-refractivity contribution in [1.82, 2.24) is 19.4 Å². The molecule has 0 bridgehead atoms. The van der Waals surface area contributed by atoms with Crippen LogP contribution in [0.4, 0.5) is 9.52 Å². The Morgan fingerprint density at radius 3 is 2.66 bits per heavy atom. The first-order valence-corrected chi connectivity index (χ1v) is 12.0. The zero-order valence-electron chi connectivity index (χ0n) is 17.9. The van der Waals surface area contributed by atoms with E-state index in [2.05, 4.69) is 14.9 Å². The second-order valence-corrected chi connectivity index (χ2v) is 9.58. The van der Waals surface area contributed by atoms with Crippen LogP contribution in [0.1, 0.15) is 37.7 Å². The van der Waals surface area contributed by atoms with E-state index in [4.69, 9.17) is 0 Å². The Balaban J connectivity index is 1.29. The maximum absolute atomic E-state index is 13.5. The van der Waals surface area contributed by atoms with Gasteiger partial charge in [-0.1, -0.05) is 23.5 Å². The minimum absolute atomic E-state index is 0.0837. The standard InChI is InChI=1S/C23H26FN5O2S/c24-18-6-4-5-16(13-18)14-29-15-25-20-19(22(29)31)32-23(26-20)28-11-7-17(8-12-28)21(30)27-9-2-1-3-10-27/h4-6,13,15,17H,1-3,7-12,14H2. The number of carbonyl (C=O) groups excluding carboxylic acids is 1. The molecule has 2 aliphatic heterocycles. The summed E-state index contributed by atoms with van der Waals surface area (Å²) < 4.78 is 15.5. The number of thiazole rings is 1. The number of aromatic nitrogens is 3. The molecule has 32 heavy (non-hydrogen) atoms. The maximum Gasteiger partial charge on any atom is 0.273 e. The summed E-state index contributed by atoms with van der Waals surface area (Å²) in [7, 11) is 0. The number of halogens is 1. The number of likely N-dealkylation sites (tertiary alicyclic amines) is 1. The lowest BCUT2D eigenvalue weighted by Gasteiger charge is -2.35. The summed E-state index contributed by atoms with van der Waals surface area (Å²) in [4.78, 5) is 38.9. The van der Waals surface area contributed by atoms with Crippen LogP contribution in [-0.2, 0) is 11.3 Å². The minimum atomic E-state index is -0.327. The van der Waals surface area contributed by atoms with Gasteiger partial charge in [0, 0.05) is 32.1 Å². The molecule has 7 nitrogen and oxygen atoms in total. The molecule has 9 heteroatoms. The fourth-order valence-corrected chi connectivity index (χ4v) is 5.63. The molecular formula is C23H26FN5O2S. The molecule has 168 valence electrons. The number of fused-ring (bicyclic) bond motifs is 1. The molecule has 1 amide bonds. The van der Waals surface area contributed by atoms with Crippen molar-refractivity contribution in [3.8, 4) is 0 Å². The highest BCUT2D eigenvalue weighted by atomic mass is 32.1. The van der Waals surface area contributed by atoms with E-state index in [1.807, 2.05) is 4.90 Å². The van der Waals surface area contributed by atoms with Crippen molar-refractivity contribution in [1.29, 1.82) is 0 Å². The van der Waals surface area contributed by atoms with Crippen molar-refractivity contribution in [2.24, 2.45) is 5.92 Å². The second kappa shape index (κ2) is 8.97. The van der Waals surface area contributed by atoms with Crippen LogP contribution in [0.3, 0.4) is 0 Å². The lowest BCUT2D eigenvalue weighted by atomic mass is 9.94. The number of hydrogen-bond donors (Lipinski definition) is 0. The predicted molar refractivity (Wildman–Crippen MR) is 123 cm³/mol. The van der Waals surface area contributed by atoms with Crippen molar-refractivity contribution in [2.45, 2.75) is 38.6 Å². The Kier molecular flexibility index (Phi) is 5.91. The number of carbonyl (C=O) groups is 1. The minimum Gasteiger partial charge on any atom is -0.348 e. The van der Waals surface area contributed by atoms with Gasteiger partial charge in [0.25, 0.3) is 5.56 Å². The maximum atomic E-state index is 13.5. The molecule has 0 radical (unpaired) electrons. The molecule has 0 aliphatic carbocycles. The predicted octanol–water partition coefficient (Wildman–Crippen LogP) is 3.27. The third kappa shape index (κ3) is 4.26. The molecule has 2 fully saturated rings. The Morgan fingerprint density at radius 1 is 1.12 bits per heavy atom. The molecule has 2 aromatic heterocycles. The molecular weight excluding hydrogens is 429 g/mol. The first-order valence-electron chi connectivity index (χ1n) is 11.2. The van der Waals surface area contributed by atoms with Crippen molar-refractivity contribution in [2.75, 3.05) is 31.1 Å². The zero-order valence-corrected chi connectivity index (χ0v) is 18.7. The molecule has 5 rings (SSSR count). The topological polar surface area (TPSA) is 71.3 Å². The number of anilines is 1. The smallest absolute Gasteiger partial charge is 0.273 e. The van der Waals surface area contributed by atoms with Crippen LogP contribution in [0, 0.1) is 11.7 Å². The number of nitrogens with zero attached hydrogens (tertiary/aromatic N) is 5. The first kappa shape index (κ1) is 21.1. The molecule has 4 heterocycles. The summed E-state index contributed by atoms with van der Waals surface area (Å²) in [5.41, 5.74) is 0.980. The summed E-state index contributed by atoms with van der Waals surface area (Å²) in [6.07, 6.45) is 6.53. The number of rotatable bonds is 4. The van der Waals surface area contributed by atoms with Crippen molar-refractivity contribution in [3.63, 3.8) is 0 Å². The normalized spacial score (nSPS) is 17.8. The lowest BCUT2D eigenvalue weighted by Crippen LogP contribution is -2.44. The third-order valence-corrected chi connectivity index (χ3v) is 7.49. The van der Waals surface area contributed by atoms with Gasteiger partial charge < -0.3 is 9.80 Å². The Bertz CT molecular complexity index is 1180. The van der Waals surface area contributed by atoms with Crippen LogP contribution in [0.15, 0.2) is 35.4 Å². The number of hydrogen-bond acceptors (Lipinski definition) is 6. The third-order valence-electron chi connectivity index (χ3n) is 6.40. The lowest BCUT2D eigenvalue weighted by molar-refractivity contribution is -0.137. The Labute approximate surface area is 189 Å². The summed E-state index contributed by atoms with van der Waals surface area (Å²) >= 11 is 1.35. The molecule has 0 unspecified atom stereocenters. The summed E-state index contributed by atoms with van der Waals surface area (Å²) in [6.45, 7) is 3.55.